The van der Waals surface area contributed by atoms with Gasteiger partial charge >= 0.3 is 6.03 Å². The van der Waals surface area contributed by atoms with Crippen LogP contribution in [-0.4, -0.2) is 56.6 Å². The molecule has 8 nitrogen and oxygen atoms in total. The average Bonchev–Trinajstić information content (AvgIpc) is 2.98. The number of β-amino-alcohol motifs (C(OH)–C–C–N with tert-alkyl or cyclic N) is 1. The zero-order valence-electron chi connectivity index (χ0n) is 14.3. The van der Waals surface area contributed by atoms with Gasteiger partial charge < -0.3 is 15.3 Å². The number of likely N-dealkylation sites (tertiary alicyclic amines) is 1. The molecule has 0 aliphatic carbocycles. The molecule has 8 heteroatoms. The molecule has 132 valence electrons. The first-order chi connectivity index (χ1) is 12.7. The van der Waals surface area contributed by atoms with Gasteiger partial charge in [0.25, 0.3) is 0 Å². The summed E-state index contributed by atoms with van der Waals surface area (Å²) in [5.74, 6) is 0.717. The molecule has 0 unspecified atom stereocenters. The zero-order chi connectivity index (χ0) is 17.8. The van der Waals surface area contributed by atoms with Crippen LogP contribution in [0, 0.1) is 0 Å². The molecule has 2 N–H and O–H groups in total. The van der Waals surface area contributed by atoms with Crippen molar-refractivity contribution in [3.63, 3.8) is 0 Å². The Hall–Kier alpha value is -3.13. The lowest BCUT2D eigenvalue weighted by Crippen LogP contribution is -2.34. The average molecular weight is 350 g/mol. The lowest BCUT2D eigenvalue weighted by Gasteiger charge is -2.15. The summed E-state index contributed by atoms with van der Waals surface area (Å²) in [6, 6.07) is 5.89. The standard InChI is InChI=1S/C18H18N6O2/c1-19-16-17-21-9-15(23(17)7-5-20-16)11-2-3-13-14(8-11)24(13)18(26)22-6-4-12(25)10-22/h2-3,5,7-9,12,25H,4,6,10H2,1H3,(H,19,20)/t12-,24?/m1/s1. The third-order valence-corrected chi connectivity index (χ3v) is 4.99. The highest BCUT2D eigenvalue weighted by Crippen LogP contribution is 2.50. The molecule has 4 heterocycles. The highest BCUT2D eigenvalue weighted by Gasteiger charge is 2.40. The van der Waals surface area contributed by atoms with E-state index in [0.717, 1.165) is 34.1 Å². The first-order valence-electron chi connectivity index (χ1n) is 8.58. The molecule has 1 saturated heterocycles. The number of carbonyl (C=O) groups excluding carboxylic acids is 1. The number of nitrogens with zero attached hydrogens (tertiary/aromatic N) is 5. The van der Waals surface area contributed by atoms with Gasteiger partial charge in [-0.15, -0.1) is 0 Å². The van der Waals surface area contributed by atoms with E-state index in [-0.39, 0.29) is 6.03 Å². The van der Waals surface area contributed by atoms with E-state index in [0.29, 0.717) is 19.5 Å². The van der Waals surface area contributed by atoms with E-state index in [1.807, 2.05) is 42.0 Å². The molecule has 3 aromatic rings. The van der Waals surface area contributed by atoms with Crippen LogP contribution in [0.3, 0.4) is 0 Å². The summed E-state index contributed by atoms with van der Waals surface area (Å²) in [6.07, 6.45) is 5.65. The normalized spacial score (nSPS) is 18.3. The van der Waals surface area contributed by atoms with Crippen LogP contribution in [0.5, 0.6) is 0 Å². The number of aromatic nitrogens is 3. The Morgan fingerprint density at radius 2 is 2.19 bits per heavy atom. The van der Waals surface area contributed by atoms with E-state index in [9.17, 15) is 9.90 Å². The fourth-order valence-electron chi connectivity index (χ4n) is 3.59. The number of nitrogens with one attached hydrogen (secondary N) is 1. The molecule has 1 aromatic carbocycles. The maximum absolute atomic E-state index is 12.6. The Morgan fingerprint density at radius 3 is 2.96 bits per heavy atom. The lowest BCUT2D eigenvalue weighted by atomic mass is 10.2. The second kappa shape index (κ2) is 5.43. The fourth-order valence-corrected chi connectivity index (χ4v) is 3.59. The van der Waals surface area contributed by atoms with Gasteiger partial charge in [-0.3, -0.25) is 9.30 Å². The Morgan fingerprint density at radius 1 is 1.31 bits per heavy atom. The number of hydrogen-bond acceptors (Lipinski definition) is 5. The maximum Gasteiger partial charge on any atom is 0.329 e. The summed E-state index contributed by atoms with van der Waals surface area (Å²) in [6.45, 7) is 1.01. The fraction of sp³-hybridized carbons (Fsp3) is 0.278. The van der Waals surface area contributed by atoms with Gasteiger partial charge in [0.05, 0.1) is 29.4 Å². The second-order valence-corrected chi connectivity index (χ2v) is 6.57. The van der Waals surface area contributed by atoms with Crippen molar-refractivity contribution in [3.8, 4) is 11.3 Å². The highest BCUT2D eigenvalue weighted by molar-refractivity contribution is 6.16. The van der Waals surface area contributed by atoms with Gasteiger partial charge in [0.1, 0.15) is 0 Å². The van der Waals surface area contributed by atoms with Crippen LogP contribution >= 0.6 is 0 Å². The van der Waals surface area contributed by atoms with Crippen LogP contribution < -0.4 is 10.2 Å². The molecular weight excluding hydrogens is 332 g/mol. The number of carbonyl (C=O) groups is 1. The monoisotopic (exact) mass is 350 g/mol. The van der Waals surface area contributed by atoms with Gasteiger partial charge in [0.2, 0.25) is 0 Å². The summed E-state index contributed by atoms with van der Waals surface area (Å²) in [7, 11) is 1.82. The number of imidazole rings is 1. The van der Waals surface area contributed by atoms with Crippen LogP contribution in [0.1, 0.15) is 6.42 Å². The van der Waals surface area contributed by atoms with Gasteiger partial charge in [0.15, 0.2) is 11.5 Å². The van der Waals surface area contributed by atoms with Crippen LogP contribution in [0.25, 0.3) is 16.9 Å². The molecule has 26 heavy (non-hydrogen) atoms. The zero-order valence-corrected chi connectivity index (χ0v) is 14.3. The molecule has 2 aliphatic rings. The Kier molecular flexibility index (Phi) is 3.17. The number of aliphatic hydroxyl groups excluding tert-OH is 1. The number of hydrogen-bond donors (Lipinski definition) is 2. The summed E-state index contributed by atoms with van der Waals surface area (Å²) < 4.78 is 1.98. The smallest absolute Gasteiger partial charge is 0.329 e. The quantitative estimate of drug-likeness (QED) is 0.691. The van der Waals surface area contributed by atoms with Crippen LogP contribution in [0.2, 0.25) is 0 Å². The second-order valence-electron chi connectivity index (χ2n) is 6.57. The first kappa shape index (κ1) is 15.2. The minimum atomic E-state index is -0.411. The predicted molar refractivity (Wildman–Crippen MR) is 97.7 cm³/mol. The molecule has 0 radical (unpaired) electrons. The van der Waals surface area contributed by atoms with Gasteiger partial charge in [-0.05, 0) is 18.6 Å². The first-order valence-corrected chi connectivity index (χ1v) is 8.58. The minimum Gasteiger partial charge on any atom is -0.391 e. The maximum atomic E-state index is 12.6. The number of anilines is 3. The van der Waals surface area contributed by atoms with Gasteiger partial charge in [-0.1, -0.05) is 6.07 Å². The Labute approximate surface area is 149 Å². The van der Waals surface area contributed by atoms with Crippen LogP contribution in [0.15, 0.2) is 36.8 Å². The lowest BCUT2D eigenvalue weighted by molar-refractivity contribution is 0.176. The molecule has 1 atom stereocenters. The van der Waals surface area contributed by atoms with Crippen LogP contribution in [-0.2, 0) is 0 Å². The van der Waals surface area contributed by atoms with Gasteiger partial charge in [0, 0.05) is 38.1 Å². The number of rotatable bonds is 2. The molecule has 2 amide bonds. The van der Waals surface area contributed by atoms with Crippen molar-refractivity contribution in [3.05, 3.63) is 36.8 Å². The number of fused-ring (bicyclic) bond motifs is 2. The molecular formula is C18H18N6O2. The van der Waals surface area contributed by atoms with E-state index >= 15 is 0 Å². The van der Waals surface area contributed by atoms with Crippen molar-refractivity contribution in [2.45, 2.75) is 12.5 Å². The topological polar surface area (TPSA) is 85.8 Å². The molecule has 5 rings (SSSR count). The van der Waals surface area contributed by atoms with Crippen LogP contribution in [0.4, 0.5) is 22.0 Å². The summed E-state index contributed by atoms with van der Waals surface area (Å²) >= 11 is 0. The molecule has 0 bridgehead atoms. The molecule has 0 spiro atoms. The summed E-state index contributed by atoms with van der Waals surface area (Å²) in [4.78, 5) is 24.7. The van der Waals surface area contributed by atoms with Gasteiger partial charge in [-0.25, -0.2) is 14.8 Å². The van der Waals surface area contributed by atoms with Crippen molar-refractivity contribution >= 4 is 28.9 Å². The number of aliphatic hydroxyl groups is 1. The molecule has 2 aliphatic heterocycles. The number of urea groups is 1. The van der Waals surface area contributed by atoms with Gasteiger partial charge in [-0.2, -0.15) is 0 Å². The minimum absolute atomic E-state index is 0.0616. The highest BCUT2D eigenvalue weighted by atomic mass is 16.3. The Balaban J connectivity index is 1.46. The Bertz CT molecular complexity index is 1030. The molecule has 2 aromatic heterocycles. The SMILES string of the molecule is CNc1nccn2c(-c3ccc4c(c3)N4C(=O)N3CC[C@@H](O)C3)cnc12. The summed E-state index contributed by atoms with van der Waals surface area (Å²) in [5.41, 5.74) is 4.52. The van der Waals surface area contributed by atoms with Crippen molar-refractivity contribution in [2.24, 2.45) is 0 Å². The largest absolute Gasteiger partial charge is 0.391 e. The van der Waals surface area contributed by atoms with Crippen molar-refractivity contribution in [1.82, 2.24) is 19.3 Å². The summed E-state index contributed by atoms with van der Waals surface area (Å²) in [5, 5.41) is 12.7. The number of amides is 2. The third-order valence-electron chi connectivity index (χ3n) is 4.99. The number of benzene rings is 1. The van der Waals surface area contributed by atoms with E-state index in [1.165, 1.54) is 0 Å². The van der Waals surface area contributed by atoms with E-state index in [1.54, 1.807) is 16.0 Å². The molecule has 1 fully saturated rings. The van der Waals surface area contributed by atoms with E-state index in [4.69, 9.17) is 0 Å². The van der Waals surface area contributed by atoms with Crippen molar-refractivity contribution < 1.29 is 9.90 Å². The van der Waals surface area contributed by atoms with Crippen molar-refractivity contribution in [2.75, 3.05) is 30.4 Å². The van der Waals surface area contributed by atoms with E-state index in [2.05, 4.69) is 15.3 Å². The van der Waals surface area contributed by atoms with E-state index < -0.39 is 6.10 Å². The third kappa shape index (κ3) is 2.15. The predicted octanol–water partition coefficient (Wildman–Crippen LogP) is 2.08. The van der Waals surface area contributed by atoms with Crippen molar-refractivity contribution in [1.29, 1.82) is 0 Å². The molecule has 0 saturated carbocycles.